The van der Waals surface area contributed by atoms with E-state index in [1.54, 1.807) is 18.2 Å². The number of phenolic OH excluding ortho intramolecular Hbond substituents is 1. The molecule has 0 saturated carbocycles. The number of nitrogens with one attached hydrogen (secondary N) is 2. The van der Waals surface area contributed by atoms with Gasteiger partial charge in [-0.05, 0) is 54.8 Å². The lowest BCUT2D eigenvalue weighted by Gasteiger charge is -2.34. The van der Waals surface area contributed by atoms with Gasteiger partial charge in [0.25, 0.3) is 0 Å². The Kier molecular flexibility index (Phi) is 7.04. The third kappa shape index (κ3) is 6.33. The topological polar surface area (TPSA) is 145 Å². The smallest absolute Gasteiger partial charge is 0.248 e. The molecule has 6 N–H and O–H groups in total. The van der Waals surface area contributed by atoms with Crippen LogP contribution in [0.3, 0.4) is 0 Å². The number of aliphatic hydroxyl groups is 1. The molecular weight excluding hydrogens is 420 g/mol. The van der Waals surface area contributed by atoms with Crippen molar-refractivity contribution in [1.82, 2.24) is 5.32 Å². The van der Waals surface area contributed by atoms with Crippen LogP contribution in [-0.4, -0.2) is 56.5 Å². The van der Waals surface area contributed by atoms with Gasteiger partial charge in [-0.1, -0.05) is 6.07 Å². The average Bonchev–Trinajstić information content (AvgIpc) is 2.73. The molecule has 1 amide bonds. The second-order valence-electron chi connectivity index (χ2n) is 7.75. The molecular formula is C21H28N4O5S. The Hall–Kier alpha value is -2.82. The molecule has 2 aromatic carbocycles. The van der Waals surface area contributed by atoms with Crippen molar-refractivity contribution in [2.24, 2.45) is 5.73 Å². The number of nitrogens with two attached hydrogens (primary N) is 1. The summed E-state index contributed by atoms with van der Waals surface area (Å²) in [6.07, 6.45) is 1.93. The van der Waals surface area contributed by atoms with Crippen LogP contribution in [0.5, 0.6) is 5.75 Å². The number of hydrogen-bond acceptors (Lipinski definition) is 7. The molecule has 0 radical (unpaired) electrons. The number of sulfonamides is 1. The molecule has 1 aliphatic rings. The summed E-state index contributed by atoms with van der Waals surface area (Å²) >= 11 is 0. The molecule has 31 heavy (non-hydrogen) atoms. The number of rotatable bonds is 8. The van der Waals surface area contributed by atoms with E-state index in [1.165, 1.54) is 12.1 Å². The standard InChI is InChI=1S/C21H28N4O5S/c1-31(29,30)24-18-12-15(4-7-19(18)26)20(27)13-23-16-8-10-25(11-9-16)17-5-2-14(3-6-17)21(22)28/h2-7,12,16,20,23-24,26-27H,8-11,13H2,1H3,(H2,22,28)/t20-/m1/s1. The number of hydrogen-bond donors (Lipinski definition) is 5. The van der Waals surface area contributed by atoms with Crippen LogP contribution in [0.2, 0.25) is 0 Å². The van der Waals surface area contributed by atoms with E-state index in [1.807, 2.05) is 12.1 Å². The average molecular weight is 449 g/mol. The molecule has 1 heterocycles. The summed E-state index contributed by atoms with van der Waals surface area (Å²) in [5, 5.41) is 23.7. The number of piperidine rings is 1. The van der Waals surface area contributed by atoms with Gasteiger partial charge in [0.1, 0.15) is 5.75 Å². The molecule has 9 nitrogen and oxygen atoms in total. The van der Waals surface area contributed by atoms with E-state index >= 15 is 0 Å². The van der Waals surface area contributed by atoms with E-state index in [9.17, 15) is 23.4 Å². The molecule has 0 aliphatic carbocycles. The highest BCUT2D eigenvalue weighted by Gasteiger charge is 2.21. The van der Waals surface area contributed by atoms with E-state index in [-0.39, 0.29) is 17.5 Å². The van der Waals surface area contributed by atoms with Crippen molar-refractivity contribution in [3.63, 3.8) is 0 Å². The van der Waals surface area contributed by atoms with E-state index < -0.39 is 22.0 Å². The first kappa shape index (κ1) is 22.9. The summed E-state index contributed by atoms with van der Waals surface area (Å²) in [7, 11) is -3.54. The summed E-state index contributed by atoms with van der Waals surface area (Å²) in [5.41, 5.74) is 7.34. The Morgan fingerprint density at radius 3 is 2.42 bits per heavy atom. The van der Waals surface area contributed by atoms with Gasteiger partial charge in [-0.3, -0.25) is 9.52 Å². The predicted octanol–water partition coefficient (Wildman–Crippen LogP) is 1.15. The van der Waals surface area contributed by atoms with Crippen LogP contribution in [0.4, 0.5) is 11.4 Å². The van der Waals surface area contributed by atoms with Crippen LogP contribution in [-0.2, 0) is 10.0 Å². The molecule has 0 aromatic heterocycles. The minimum absolute atomic E-state index is 0.0368. The Bertz CT molecular complexity index is 1020. The monoisotopic (exact) mass is 448 g/mol. The Morgan fingerprint density at radius 1 is 1.19 bits per heavy atom. The summed E-state index contributed by atoms with van der Waals surface area (Å²) < 4.78 is 25.1. The first-order valence-corrected chi connectivity index (χ1v) is 11.9. The van der Waals surface area contributed by atoms with Crippen LogP contribution < -0.4 is 20.7 Å². The Morgan fingerprint density at radius 2 is 1.84 bits per heavy atom. The Labute approximate surface area is 181 Å². The molecule has 1 aliphatic heterocycles. The van der Waals surface area contributed by atoms with Crippen molar-refractivity contribution < 1.29 is 23.4 Å². The first-order chi connectivity index (χ1) is 14.6. The maximum atomic E-state index is 11.4. The van der Waals surface area contributed by atoms with Crippen molar-refractivity contribution in [1.29, 1.82) is 0 Å². The maximum absolute atomic E-state index is 11.4. The molecule has 1 fully saturated rings. The fraction of sp³-hybridized carbons (Fsp3) is 0.381. The van der Waals surface area contributed by atoms with Crippen molar-refractivity contribution in [3.05, 3.63) is 53.6 Å². The molecule has 0 spiro atoms. The molecule has 10 heteroatoms. The summed E-state index contributed by atoms with van der Waals surface area (Å²) in [6, 6.07) is 11.8. The van der Waals surface area contributed by atoms with Crippen LogP contribution in [0.25, 0.3) is 0 Å². The molecule has 0 unspecified atom stereocenters. The van der Waals surface area contributed by atoms with Crippen LogP contribution in [0, 0.1) is 0 Å². The zero-order chi connectivity index (χ0) is 22.6. The van der Waals surface area contributed by atoms with E-state index in [0.29, 0.717) is 17.7 Å². The second-order valence-corrected chi connectivity index (χ2v) is 9.50. The zero-order valence-corrected chi connectivity index (χ0v) is 18.1. The predicted molar refractivity (Wildman–Crippen MR) is 120 cm³/mol. The number of carbonyl (C=O) groups is 1. The summed E-state index contributed by atoms with van der Waals surface area (Å²) in [5.74, 6) is -0.647. The highest BCUT2D eigenvalue weighted by Crippen LogP contribution is 2.28. The number of primary amides is 1. The number of anilines is 2. The van der Waals surface area contributed by atoms with Gasteiger partial charge in [0.2, 0.25) is 15.9 Å². The quantitative estimate of drug-likeness (QED) is 0.381. The third-order valence-corrected chi connectivity index (χ3v) is 5.90. The van der Waals surface area contributed by atoms with Gasteiger partial charge in [0, 0.05) is 36.9 Å². The highest BCUT2D eigenvalue weighted by atomic mass is 32.2. The van der Waals surface area contributed by atoms with Gasteiger partial charge < -0.3 is 26.2 Å². The molecule has 2 aromatic rings. The summed E-state index contributed by atoms with van der Waals surface area (Å²) in [6.45, 7) is 1.98. The van der Waals surface area contributed by atoms with Crippen LogP contribution in [0.15, 0.2) is 42.5 Å². The number of amides is 1. The normalized spacial score (nSPS) is 16.1. The van der Waals surface area contributed by atoms with E-state index in [2.05, 4.69) is 14.9 Å². The van der Waals surface area contributed by atoms with Gasteiger partial charge in [-0.15, -0.1) is 0 Å². The fourth-order valence-electron chi connectivity index (χ4n) is 3.62. The number of carbonyl (C=O) groups excluding carboxylic acids is 1. The largest absolute Gasteiger partial charge is 0.506 e. The number of aliphatic hydroxyl groups excluding tert-OH is 1. The first-order valence-electron chi connectivity index (χ1n) is 9.99. The van der Waals surface area contributed by atoms with Gasteiger partial charge in [0.05, 0.1) is 18.0 Å². The molecule has 168 valence electrons. The minimum Gasteiger partial charge on any atom is -0.506 e. The van der Waals surface area contributed by atoms with E-state index in [0.717, 1.165) is 37.9 Å². The van der Waals surface area contributed by atoms with E-state index in [4.69, 9.17) is 5.73 Å². The molecule has 1 saturated heterocycles. The molecule has 1 atom stereocenters. The lowest BCUT2D eigenvalue weighted by molar-refractivity contribution is 0.1000. The Balaban J connectivity index is 1.51. The molecule has 0 bridgehead atoms. The SMILES string of the molecule is CS(=O)(=O)Nc1cc([C@H](O)CNC2CCN(c3ccc(C(N)=O)cc3)CC2)ccc1O. The van der Waals surface area contributed by atoms with Crippen molar-refractivity contribution in [3.8, 4) is 5.75 Å². The minimum atomic E-state index is -3.54. The zero-order valence-electron chi connectivity index (χ0n) is 17.3. The van der Waals surface area contributed by atoms with Gasteiger partial charge >= 0.3 is 0 Å². The summed E-state index contributed by atoms with van der Waals surface area (Å²) in [4.78, 5) is 13.4. The van der Waals surface area contributed by atoms with Crippen molar-refractivity contribution >= 4 is 27.3 Å². The van der Waals surface area contributed by atoms with Crippen LogP contribution >= 0.6 is 0 Å². The number of aromatic hydroxyl groups is 1. The molecule has 3 rings (SSSR count). The van der Waals surface area contributed by atoms with Crippen LogP contribution in [0.1, 0.15) is 34.9 Å². The van der Waals surface area contributed by atoms with Gasteiger partial charge in [-0.2, -0.15) is 0 Å². The number of benzene rings is 2. The van der Waals surface area contributed by atoms with Gasteiger partial charge in [-0.25, -0.2) is 8.42 Å². The lowest BCUT2D eigenvalue weighted by Crippen LogP contribution is -2.43. The van der Waals surface area contributed by atoms with Gasteiger partial charge in [0.15, 0.2) is 0 Å². The maximum Gasteiger partial charge on any atom is 0.248 e. The highest BCUT2D eigenvalue weighted by molar-refractivity contribution is 7.92. The fourth-order valence-corrected chi connectivity index (χ4v) is 4.18. The third-order valence-electron chi connectivity index (χ3n) is 5.31. The lowest BCUT2D eigenvalue weighted by atomic mass is 10.0. The second kappa shape index (κ2) is 9.54. The number of phenols is 1. The van der Waals surface area contributed by atoms with Crippen molar-refractivity contribution in [2.75, 3.05) is 35.5 Å². The number of nitrogens with zero attached hydrogens (tertiary/aromatic N) is 1. The van der Waals surface area contributed by atoms with Crippen molar-refractivity contribution in [2.45, 2.75) is 25.0 Å².